The SMILES string of the molecule is CCCCc1nc2cccnc2n1Cc1ccc(-c2ccc(OC)cc2-c2nn[nH]n2)cc1. The molecule has 33 heavy (non-hydrogen) atoms. The normalized spacial score (nSPS) is 11.2. The third kappa shape index (κ3) is 4.19. The van der Waals surface area contributed by atoms with Crippen LogP contribution in [0.15, 0.2) is 60.8 Å². The number of nitrogens with zero attached hydrogens (tertiary/aromatic N) is 6. The molecule has 0 radical (unpaired) electrons. The van der Waals surface area contributed by atoms with Crippen molar-refractivity contribution in [1.82, 2.24) is 35.2 Å². The van der Waals surface area contributed by atoms with Crippen LogP contribution in [0, 0.1) is 0 Å². The maximum Gasteiger partial charge on any atom is 0.205 e. The molecule has 0 fully saturated rings. The van der Waals surface area contributed by atoms with E-state index in [2.05, 4.69) is 61.4 Å². The van der Waals surface area contributed by atoms with Crippen LogP contribution in [0.4, 0.5) is 0 Å². The molecule has 0 atom stereocenters. The molecule has 3 aromatic heterocycles. The molecule has 0 aliphatic heterocycles. The van der Waals surface area contributed by atoms with Gasteiger partial charge in [-0.05, 0) is 58.7 Å². The Balaban J connectivity index is 1.47. The van der Waals surface area contributed by atoms with Crippen LogP contribution in [0.1, 0.15) is 31.2 Å². The lowest BCUT2D eigenvalue weighted by molar-refractivity contribution is 0.415. The average Bonchev–Trinajstić information content (AvgIpc) is 3.52. The maximum absolute atomic E-state index is 5.40. The van der Waals surface area contributed by atoms with Crippen molar-refractivity contribution in [1.29, 1.82) is 0 Å². The smallest absolute Gasteiger partial charge is 0.205 e. The van der Waals surface area contributed by atoms with E-state index in [1.165, 1.54) is 5.56 Å². The van der Waals surface area contributed by atoms with Crippen molar-refractivity contribution in [2.24, 2.45) is 0 Å². The van der Waals surface area contributed by atoms with E-state index in [0.717, 1.165) is 65.2 Å². The summed E-state index contributed by atoms with van der Waals surface area (Å²) in [5.41, 5.74) is 6.02. The number of hydrogen-bond donors (Lipinski definition) is 1. The molecule has 0 aliphatic carbocycles. The van der Waals surface area contributed by atoms with Gasteiger partial charge in [0.05, 0.1) is 13.7 Å². The highest BCUT2D eigenvalue weighted by molar-refractivity contribution is 5.81. The van der Waals surface area contributed by atoms with Crippen LogP contribution >= 0.6 is 0 Å². The third-order valence-electron chi connectivity index (χ3n) is 5.76. The van der Waals surface area contributed by atoms with Crippen LogP contribution in [0.5, 0.6) is 5.75 Å². The molecule has 0 saturated heterocycles. The Labute approximate surface area is 191 Å². The molecular weight excluding hydrogens is 414 g/mol. The Morgan fingerprint density at radius 2 is 1.91 bits per heavy atom. The number of tetrazole rings is 1. The summed E-state index contributed by atoms with van der Waals surface area (Å²) in [5, 5.41) is 14.6. The van der Waals surface area contributed by atoms with Gasteiger partial charge in [-0.1, -0.05) is 37.6 Å². The molecule has 0 spiro atoms. The van der Waals surface area contributed by atoms with Gasteiger partial charge in [0.15, 0.2) is 5.65 Å². The Kier molecular flexibility index (Phi) is 5.80. The zero-order valence-corrected chi connectivity index (χ0v) is 18.7. The largest absolute Gasteiger partial charge is 0.497 e. The lowest BCUT2D eigenvalue weighted by Gasteiger charge is -2.12. The topological polar surface area (TPSA) is 94.4 Å². The Morgan fingerprint density at radius 3 is 2.67 bits per heavy atom. The summed E-state index contributed by atoms with van der Waals surface area (Å²) in [4.78, 5) is 9.43. The van der Waals surface area contributed by atoms with E-state index in [9.17, 15) is 0 Å². The van der Waals surface area contributed by atoms with Gasteiger partial charge in [-0.15, -0.1) is 10.2 Å². The van der Waals surface area contributed by atoms with Crippen LogP contribution in [0.25, 0.3) is 33.7 Å². The summed E-state index contributed by atoms with van der Waals surface area (Å²) in [6.45, 7) is 2.93. The van der Waals surface area contributed by atoms with E-state index in [1.807, 2.05) is 36.5 Å². The first kappa shape index (κ1) is 20.8. The molecule has 8 nitrogen and oxygen atoms in total. The van der Waals surface area contributed by atoms with Crippen LogP contribution in [-0.2, 0) is 13.0 Å². The fourth-order valence-electron chi connectivity index (χ4n) is 4.03. The zero-order valence-electron chi connectivity index (χ0n) is 18.7. The standard InChI is InChI=1S/C25H25N7O/c1-3-4-7-23-27-22-6-5-14-26-25(22)32(23)16-17-8-10-18(11-9-17)20-13-12-19(33-2)15-21(20)24-28-30-31-29-24/h5-6,8-15H,3-4,7,16H2,1-2H3,(H,28,29,30,31). The highest BCUT2D eigenvalue weighted by atomic mass is 16.5. The van der Waals surface area contributed by atoms with Crippen LogP contribution < -0.4 is 4.74 Å². The fraction of sp³-hybridized carbons (Fsp3) is 0.240. The highest BCUT2D eigenvalue weighted by Gasteiger charge is 2.14. The predicted octanol–water partition coefficient (Wildman–Crippen LogP) is 4.68. The van der Waals surface area contributed by atoms with Gasteiger partial charge in [-0.2, -0.15) is 5.21 Å². The Bertz CT molecular complexity index is 1360. The van der Waals surface area contributed by atoms with E-state index in [0.29, 0.717) is 5.82 Å². The van der Waals surface area contributed by atoms with Crippen molar-refractivity contribution >= 4 is 11.2 Å². The number of methoxy groups -OCH3 is 1. The van der Waals surface area contributed by atoms with E-state index in [1.54, 1.807) is 7.11 Å². The fourth-order valence-corrected chi connectivity index (χ4v) is 4.03. The van der Waals surface area contributed by atoms with Crippen molar-refractivity contribution in [2.45, 2.75) is 32.7 Å². The third-order valence-corrected chi connectivity index (χ3v) is 5.76. The number of benzene rings is 2. The second-order valence-electron chi connectivity index (χ2n) is 7.91. The molecule has 8 heteroatoms. The molecule has 5 aromatic rings. The molecule has 0 unspecified atom stereocenters. The number of nitrogens with one attached hydrogen (secondary N) is 1. The van der Waals surface area contributed by atoms with E-state index >= 15 is 0 Å². The predicted molar refractivity (Wildman–Crippen MR) is 127 cm³/mol. The number of aromatic amines is 1. The number of H-pyrrole nitrogens is 1. The molecule has 0 saturated carbocycles. The number of fused-ring (bicyclic) bond motifs is 1. The quantitative estimate of drug-likeness (QED) is 0.377. The summed E-state index contributed by atoms with van der Waals surface area (Å²) in [6.07, 6.45) is 5.02. The Morgan fingerprint density at radius 1 is 1.03 bits per heavy atom. The summed E-state index contributed by atoms with van der Waals surface area (Å²) < 4.78 is 7.63. The highest BCUT2D eigenvalue weighted by Crippen LogP contribution is 2.33. The van der Waals surface area contributed by atoms with Crippen molar-refractivity contribution < 1.29 is 4.74 Å². The van der Waals surface area contributed by atoms with Crippen LogP contribution in [0.2, 0.25) is 0 Å². The van der Waals surface area contributed by atoms with Gasteiger partial charge >= 0.3 is 0 Å². The first-order valence-electron chi connectivity index (χ1n) is 11.1. The van der Waals surface area contributed by atoms with Gasteiger partial charge in [0.1, 0.15) is 17.1 Å². The van der Waals surface area contributed by atoms with E-state index in [-0.39, 0.29) is 0 Å². The van der Waals surface area contributed by atoms with Crippen molar-refractivity contribution in [3.8, 4) is 28.3 Å². The van der Waals surface area contributed by atoms with Crippen molar-refractivity contribution in [3.63, 3.8) is 0 Å². The lowest BCUT2D eigenvalue weighted by Crippen LogP contribution is -2.06. The molecule has 0 amide bonds. The minimum atomic E-state index is 0.532. The molecule has 0 bridgehead atoms. The number of ether oxygens (including phenoxy) is 1. The molecule has 5 rings (SSSR count). The summed E-state index contributed by atoms with van der Waals surface area (Å²) in [7, 11) is 1.65. The second kappa shape index (κ2) is 9.20. The van der Waals surface area contributed by atoms with E-state index < -0.39 is 0 Å². The monoisotopic (exact) mass is 439 g/mol. The molecule has 1 N–H and O–H groups in total. The number of imidazole rings is 1. The minimum absolute atomic E-state index is 0.532. The van der Waals surface area contributed by atoms with Crippen LogP contribution in [0.3, 0.4) is 0 Å². The van der Waals surface area contributed by atoms with Gasteiger partial charge in [-0.3, -0.25) is 0 Å². The molecular formula is C25H25N7O. The number of rotatable bonds is 8. The zero-order chi connectivity index (χ0) is 22.6. The summed E-state index contributed by atoms with van der Waals surface area (Å²) in [5.74, 6) is 2.36. The maximum atomic E-state index is 5.40. The second-order valence-corrected chi connectivity index (χ2v) is 7.91. The van der Waals surface area contributed by atoms with Gasteiger partial charge in [0.25, 0.3) is 0 Å². The lowest BCUT2D eigenvalue weighted by atomic mass is 9.98. The minimum Gasteiger partial charge on any atom is -0.497 e. The first-order chi connectivity index (χ1) is 16.3. The van der Waals surface area contributed by atoms with Gasteiger partial charge in [0, 0.05) is 18.2 Å². The molecule has 166 valence electrons. The first-order valence-corrected chi connectivity index (χ1v) is 11.1. The molecule has 2 aromatic carbocycles. The van der Waals surface area contributed by atoms with Crippen molar-refractivity contribution in [3.05, 3.63) is 72.2 Å². The summed E-state index contributed by atoms with van der Waals surface area (Å²) >= 11 is 0. The van der Waals surface area contributed by atoms with Crippen molar-refractivity contribution in [2.75, 3.05) is 7.11 Å². The number of aryl methyl sites for hydroxylation is 1. The van der Waals surface area contributed by atoms with Gasteiger partial charge in [0.2, 0.25) is 5.82 Å². The number of aromatic nitrogens is 7. The number of pyridine rings is 1. The summed E-state index contributed by atoms with van der Waals surface area (Å²) in [6, 6.07) is 18.4. The molecule has 0 aliphatic rings. The molecule has 3 heterocycles. The Hall–Kier alpha value is -4.07. The van der Waals surface area contributed by atoms with E-state index in [4.69, 9.17) is 9.72 Å². The number of hydrogen-bond acceptors (Lipinski definition) is 6. The van der Waals surface area contributed by atoms with Crippen LogP contribution in [-0.4, -0.2) is 42.3 Å². The van der Waals surface area contributed by atoms with Gasteiger partial charge < -0.3 is 9.30 Å². The van der Waals surface area contributed by atoms with Gasteiger partial charge in [-0.25, -0.2) is 9.97 Å². The number of unbranched alkanes of at least 4 members (excludes halogenated alkanes) is 1. The average molecular weight is 440 g/mol.